The van der Waals surface area contributed by atoms with Crippen molar-refractivity contribution >= 4 is 101 Å². The Hall–Kier alpha value is -7.15. The molecule has 28 nitrogen and oxygen atoms in total. The number of carbonyl (C=O) groups excluding carboxylic acids is 10. The van der Waals surface area contributed by atoms with E-state index >= 15 is 0 Å². The highest BCUT2D eigenvalue weighted by molar-refractivity contribution is 8.13. The quantitative estimate of drug-likeness (QED) is 0.00768. The third-order valence-corrected chi connectivity index (χ3v) is 11.9. The Morgan fingerprint density at radius 1 is 0.595 bits per heavy atom. The average Bonchev–Trinajstić information content (AvgIpc) is 3.40. The second-order valence-electron chi connectivity index (χ2n) is 17.7. The Morgan fingerprint density at radius 3 is 1.62 bits per heavy atom. The maximum atomic E-state index is 12.8. The summed E-state index contributed by atoms with van der Waals surface area (Å²) < 4.78 is 5.25. The van der Waals surface area contributed by atoms with Crippen LogP contribution in [0.4, 0.5) is 10.5 Å². The number of nitrogens with zero attached hydrogens (tertiary/aromatic N) is 1. The van der Waals surface area contributed by atoms with Gasteiger partial charge in [-0.25, -0.2) is 0 Å². The molecule has 0 radical (unpaired) electrons. The van der Waals surface area contributed by atoms with Crippen LogP contribution in [-0.4, -0.2) is 189 Å². The standard InChI is InChI=1S/C49H78BN11O17S/c1-33(51-26-27-57-40(65)10-5-4-9-38(63)53-21-6-29-62)7-2-3-8-39(64)54-22-17-41(66)55-23-18-42(67)56-24-19-43(68)58-28-30-78-46(72)20-25-52-36(48(74)75)15-16-44(69)60-37(47(73)59-31-45(70)71)32-79-49(76)61(77)35-13-11-34(50)12-14-35/h11-14,29,36-37,46,51-52,72,77H,1-10,15-28,30-32,50H2,(H,53,63)(H,54,64)(H,55,66)(H,56,67)(H,57,65)(H,58,68)(H,59,73)(H,60,69)(H,70,71)(H,74,75). The van der Waals surface area contributed by atoms with Gasteiger partial charge in [0.15, 0.2) is 6.29 Å². The van der Waals surface area contributed by atoms with Crippen LogP contribution < -0.4 is 63.7 Å². The van der Waals surface area contributed by atoms with Crippen LogP contribution in [0.25, 0.3) is 0 Å². The number of allylic oxidation sites excluding steroid dienone is 1. The SMILES string of the molecule is Bc1ccc(N(O)C(=O)SCC(NC(=O)CCC(NCCC(O)OCCNC(=O)CCNC(=O)CCNC(=O)CCNC(=O)CCCCC(=C)NCCNC(=O)CCCCC(=O)NCCC=O)C(=O)O)C(=O)NCC(=O)O)cc1. The maximum absolute atomic E-state index is 12.8. The molecule has 1 aromatic carbocycles. The number of carboxylic acids is 2. The van der Waals surface area contributed by atoms with E-state index in [-0.39, 0.29) is 114 Å². The van der Waals surface area contributed by atoms with E-state index in [2.05, 4.69) is 59.7 Å². The van der Waals surface area contributed by atoms with Gasteiger partial charge in [0.2, 0.25) is 47.3 Å². The third-order valence-electron chi connectivity index (χ3n) is 11.0. The fourth-order valence-corrected chi connectivity index (χ4v) is 7.42. The number of aldehydes is 1. The van der Waals surface area contributed by atoms with Crippen molar-refractivity contribution in [2.24, 2.45) is 0 Å². The van der Waals surface area contributed by atoms with Crippen LogP contribution in [0.3, 0.4) is 0 Å². The number of ether oxygens (including phenoxy) is 1. The van der Waals surface area contributed by atoms with E-state index < -0.39 is 77.9 Å². The molecule has 0 saturated carbocycles. The van der Waals surface area contributed by atoms with Crippen LogP contribution in [0.2, 0.25) is 0 Å². The zero-order chi connectivity index (χ0) is 58.8. The van der Waals surface area contributed by atoms with Gasteiger partial charge in [-0.05, 0) is 50.7 Å². The Labute approximate surface area is 463 Å². The summed E-state index contributed by atoms with van der Waals surface area (Å²) in [5, 5.41) is 64.6. The van der Waals surface area contributed by atoms with E-state index in [4.69, 9.17) is 9.84 Å². The number of hydrogen-bond acceptors (Lipinski definition) is 18. The number of anilines is 1. The van der Waals surface area contributed by atoms with Gasteiger partial charge >= 0.3 is 17.2 Å². The topological polar surface area (TPSA) is 419 Å². The number of carboxylic acid groups (broad SMARTS) is 2. The molecule has 1 aromatic rings. The Morgan fingerprint density at radius 2 is 1.09 bits per heavy atom. The number of unbranched alkanes of at least 4 members (excludes halogenated alkanes) is 2. The van der Waals surface area contributed by atoms with Crippen LogP contribution in [-0.2, 0) is 57.5 Å². The first-order valence-corrected chi connectivity index (χ1v) is 26.9. The molecule has 0 bridgehead atoms. The maximum Gasteiger partial charge on any atom is 0.322 e. The molecule has 0 aliphatic heterocycles. The van der Waals surface area contributed by atoms with E-state index in [1.807, 2.05) is 0 Å². The summed E-state index contributed by atoms with van der Waals surface area (Å²) >= 11 is 0.470. The van der Waals surface area contributed by atoms with E-state index in [9.17, 15) is 73.0 Å². The number of aliphatic hydroxyl groups is 1. The number of thioether (sulfide) groups is 1. The smallest absolute Gasteiger partial charge is 0.322 e. The van der Waals surface area contributed by atoms with Crippen LogP contribution in [0.5, 0.6) is 0 Å². The molecule has 3 atom stereocenters. The number of hydroxylamine groups is 1. The lowest BCUT2D eigenvalue weighted by atomic mass is 9.96. The highest BCUT2D eigenvalue weighted by atomic mass is 32.2. The van der Waals surface area contributed by atoms with Crippen molar-refractivity contribution in [3.05, 3.63) is 36.5 Å². The van der Waals surface area contributed by atoms with Gasteiger partial charge in [0.1, 0.15) is 32.8 Å². The van der Waals surface area contributed by atoms with Crippen molar-refractivity contribution in [3.63, 3.8) is 0 Å². The molecule has 9 amide bonds. The zero-order valence-electron chi connectivity index (χ0n) is 44.7. The number of benzene rings is 1. The lowest BCUT2D eigenvalue weighted by molar-refractivity contribution is -0.140. The van der Waals surface area contributed by atoms with Gasteiger partial charge in [-0.15, -0.1) is 0 Å². The summed E-state index contributed by atoms with van der Waals surface area (Å²) in [6.45, 7) is 4.38. The Bertz CT molecular complexity index is 2140. The third kappa shape index (κ3) is 37.3. The number of aliphatic carboxylic acids is 2. The molecule has 0 aliphatic carbocycles. The molecule has 3 unspecified atom stereocenters. The van der Waals surface area contributed by atoms with Crippen molar-refractivity contribution < 1.29 is 82.8 Å². The molecule has 79 heavy (non-hydrogen) atoms. The molecular formula is C49H78BN11O17S. The Balaban J connectivity index is 2.16. The number of rotatable bonds is 45. The predicted molar refractivity (Wildman–Crippen MR) is 291 cm³/mol. The van der Waals surface area contributed by atoms with Gasteiger partial charge in [-0.2, -0.15) is 5.06 Å². The normalized spacial score (nSPS) is 11.8. The zero-order valence-corrected chi connectivity index (χ0v) is 45.5. The molecule has 14 N–H and O–H groups in total. The fourth-order valence-electron chi connectivity index (χ4n) is 6.65. The molecule has 0 fully saturated rings. The average molecular weight is 1140 g/mol. The van der Waals surface area contributed by atoms with Crippen LogP contribution in [0.1, 0.15) is 96.3 Å². The highest BCUT2D eigenvalue weighted by Gasteiger charge is 2.26. The molecule has 0 saturated heterocycles. The lowest BCUT2D eigenvalue weighted by Gasteiger charge is -2.20. The van der Waals surface area contributed by atoms with Crippen molar-refractivity contribution in [3.8, 4) is 0 Å². The van der Waals surface area contributed by atoms with Crippen molar-refractivity contribution in [1.82, 2.24) is 53.2 Å². The van der Waals surface area contributed by atoms with Gasteiger partial charge in [0.05, 0.1) is 12.3 Å². The van der Waals surface area contributed by atoms with Gasteiger partial charge in [0, 0.05) is 122 Å². The first kappa shape index (κ1) is 69.9. The molecule has 0 heterocycles. The lowest BCUT2D eigenvalue weighted by Crippen LogP contribution is -2.50. The molecule has 0 aliphatic rings. The summed E-state index contributed by atoms with van der Waals surface area (Å²) in [7, 11) is 1.80. The van der Waals surface area contributed by atoms with Gasteiger partial charge in [-0.3, -0.25) is 57.9 Å². The summed E-state index contributed by atoms with van der Waals surface area (Å²) in [5.41, 5.74) is 1.79. The monoisotopic (exact) mass is 1140 g/mol. The summed E-state index contributed by atoms with van der Waals surface area (Å²) in [5.74, 6) is -6.48. The van der Waals surface area contributed by atoms with Gasteiger partial charge < -0.3 is 78.0 Å². The molecule has 1 rings (SSSR count). The van der Waals surface area contributed by atoms with Crippen LogP contribution in [0, 0.1) is 0 Å². The number of hydrogen-bond donors (Lipinski definition) is 14. The number of carbonyl (C=O) groups is 12. The van der Waals surface area contributed by atoms with Crippen molar-refractivity contribution in [2.75, 3.05) is 76.3 Å². The first-order valence-electron chi connectivity index (χ1n) is 25.9. The van der Waals surface area contributed by atoms with E-state index in [0.717, 1.165) is 17.4 Å². The minimum atomic E-state index is -1.43. The molecule has 30 heteroatoms. The molecule has 440 valence electrons. The summed E-state index contributed by atoms with van der Waals surface area (Å²) in [6, 6.07) is 3.57. The minimum absolute atomic E-state index is 0.00326. The van der Waals surface area contributed by atoms with Gasteiger partial charge in [-0.1, -0.05) is 35.9 Å². The van der Waals surface area contributed by atoms with Crippen LogP contribution >= 0.6 is 11.8 Å². The number of aliphatic hydroxyl groups excluding tert-OH is 1. The van der Waals surface area contributed by atoms with Crippen molar-refractivity contribution in [2.45, 2.75) is 115 Å². The number of amides is 9. The Kier molecular flexibility index (Phi) is 37.9. The molecule has 0 spiro atoms. The summed E-state index contributed by atoms with van der Waals surface area (Å²) in [6.07, 6.45) is 2.73. The largest absolute Gasteiger partial charge is 0.480 e. The highest BCUT2D eigenvalue weighted by Crippen LogP contribution is 2.17. The van der Waals surface area contributed by atoms with Crippen LogP contribution in [0.15, 0.2) is 36.5 Å². The minimum Gasteiger partial charge on any atom is -0.480 e. The van der Waals surface area contributed by atoms with E-state index in [1.165, 1.54) is 12.1 Å². The predicted octanol–water partition coefficient (Wildman–Crippen LogP) is -3.09. The second kappa shape index (κ2) is 42.8. The molecule has 0 aromatic heterocycles. The first-order chi connectivity index (χ1) is 37.7. The molecular weight excluding hydrogens is 1060 g/mol. The fraction of sp³-hybridized carbons (Fsp3) is 0.592. The second-order valence-corrected chi connectivity index (χ2v) is 18.7. The van der Waals surface area contributed by atoms with Gasteiger partial charge in [0.25, 0.3) is 0 Å². The van der Waals surface area contributed by atoms with E-state index in [1.54, 1.807) is 20.0 Å². The van der Waals surface area contributed by atoms with Crippen molar-refractivity contribution in [1.29, 1.82) is 0 Å². The van der Waals surface area contributed by atoms with E-state index in [0.29, 0.717) is 81.4 Å². The number of nitrogens with one attached hydrogen (secondary N) is 10. The summed E-state index contributed by atoms with van der Waals surface area (Å²) in [4.78, 5) is 144.